The first kappa shape index (κ1) is 12.1. The first-order chi connectivity index (χ1) is 7.06. The maximum atomic E-state index is 10.9. The molecule has 5 nitrogen and oxygen atoms in total. The number of nitrogens with zero attached hydrogens (tertiary/aromatic N) is 2. The summed E-state index contributed by atoms with van der Waals surface area (Å²) >= 11 is 1.63. The standard InChI is InChI=1S/C9H15N3O2S/c1-6(3-10)15-5-8-7(9(13)14)4-11-12(8)2/h4,6H,3,5,10H2,1-2H3,(H,13,14). The Morgan fingerprint density at radius 1 is 1.80 bits per heavy atom. The smallest absolute Gasteiger partial charge is 0.339 e. The van der Waals surface area contributed by atoms with Gasteiger partial charge in [0.1, 0.15) is 5.56 Å². The quantitative estimate of drug-likeness (QED) is 0.776. The molecule has 3 N–H and O–H groups in total. The summed E-state index contributed by atoms with van der Waals surface area (Å²) in [6.07, 6.45) is 1.38. The largest absolute Gasteiger partial charge is 0.478 e. The van der Waals surface area contributed by atoms with E-state index in [4.69, 9.17) is 10.8 Å². The highest BCUT2D eigenvalue weighted by atomic mass is 32.2. The molecule has 0 aromatic carbocycles. The minimum atomic E-state index is -0.931. The van der Waals surface area contributed by atoms with Crippen LogP contribution in [0.25, 0.3) is 0 Å². The second kappa shape index (κ2) is 5.18. The van der Waals surface area contributed by atoms with Gasteiger partial charge in [-0.1, -0.05) is 6.92 Å². The van der Waals surface area contributed by atoms with Crippen molar-refractivity contribution < 1.29 is 9.90 Å². The summed E-state index contributed by atoms with van der Waals surface area (Å²) in [6, 6.07) is 0. The molecule has 84 valence electrons. The van der Waals surface area contributed by atoms with Crippen molar-refractivity contribution in [3.8, 4) is 0 Å². The normalized spacial score (nSPS) is 12.7. The molecule has 0 aliphatic heterocycles. The number of aryl methyl sites for hydroxylation is 1. The van der Waals surface area contributed by atoms with Crippen molar-refractivity contribution in [2.75, 3.05) is 6.54 Å². The molecule has 0 bridgehead atoms. The molecule has 1 atom stereocenters. The van der Waals surface area contributed by atoms with E-state index < -0.39 is 5.97 Å². The van der Waals surface area contributed by atoms with Gasteiger partial charge in [0, 0.05) is 24.6 Å². The number of carboxylic acids is 1. The van der Waals surface area contributed by atoms with E-state index in [9.17, 15) is 4.79 Å². The maximum absolute atomic E-state index is 10.9. The van der Waals surface area contributed by atoms with E-state index in [0.717, 1.165) is 5.69 Å². The Hall–Kier alpha value is -1.01. The summed E-state index contributed by atoms with van der Waals surface area (Å²) in [5, 5.41) is 13.2. The molecule has 0 aliphatic carbocycles. The Morgan fingerprint density at radius 2 is 2.47 bits per heavy atom. The highest BCUT2D eigenvalue weighted by molar-refractivity contribution is 7.99. The molecule has 1 rings (SSSR count). The van der Waals surface area contributed by atoms with E-state index in [1.807, 2.05) is 6.92 Å². The summed E-state index contributed by atoms with van der Waals surface area (Å²) in [5.74, 6) is -0.310. The molecule has 0 saturated carbocycles. The fourth-order valence-electron chi connectivity index (χ4n) is 1.10. The second-order valence-electron chi connectivity index (χ2n) is 3.29. The Bertz CT molecular complexity index is 351. The molecule has 0 aliphatic rings. The number of rotatable bonds is 5. The molecule has 0 spiro atoms. The number of hydrogen-bond donors (Lipinski definition) is 2. The zero-order valence-electron chi connectivity index (χ0n) is 8.80. The summed E-state index contributed by atoms with van der Waals surface area (Å²) in [7, 11) is 1.75. The molecule has 0 radical (unpaired) electrons. The molecule has 0 amide bonds. The van der Waals surface area contributed by atoms with Gasteiger partial charge in [0.05, 0.1) is 11.9 Å². The van der Waals surface area contributed by atoms with Crippen LogP contribution in [0.1, 0.15) is 23.0 Å². The summed E-state index contributed by atoms with van der Waals surface area (Å²) in [5.41, 5.74) is 6.49. The molecule has 1 aromatic rings. The van der Waals surface area contributed by atoms with Gasteiger partial charge in [-0.3, -0.25) is 4.68 Å². The lowest BCUT2D eigenvalue weighted by Crippen LogP contribution is -2.13. The monoisotopic (exact) mass is 229 g/mol. The maximum Gasteiger partial charge on any atom is 0.339 e. The third kappa shape index (κ3) is 2.97. The van der Waals surface area contributed by atoms with Gasteiger partial charge in [0.25, 0.3) is 0 Å². The number of carbonyl (C=O) groups is 1. The first-order valence-electron chi connectivity index (χ1n) is 4.62. The van der Waals surface area contributed by atoms with E-state index in [1.165, 1.54) is 6.20 Å². The predicted octanol–water partition coefficient (Wildman–Crippen LogP) is 0.699. The van der Waals surface area contributed by atoms with Crippen molar-refractivity contribution in [3.05, 3.63) is 17.5 Å². The first-order valence-corrected chi connectivity index (χ1v) is 5.67. The number of carboxylic acid groups (broad SMARTS) is 1. The number of thioether (sulfide) groups is 1. The lowest BCUT2D eigenvalue weighted by atomic mass is 10.3. The number of nitrogens with two attached hydrogens (primary N) is 1. The minimum absolute atomic E-state index is 0.272. The molecule has 15 heavy (non-hydrogen) atoms. The lowest BCUT2D eigenvalue weighted by molar-refractivity contribution is 0.0696. The van der Waals surface area contributed by atoms with Crippen LogP contribution in [-0.2, 0) is 12.8 Å². The molecule has 6 heteroatoms. The van der Waals surface area contributed by atoms with E-state index in [-0.39, 0.29) is 5.56 Å². The molecule has 0 saturated heterocycles. The van der Waals surface area contributed by atoms with E-state index in [0.29, 0.717) is 17.5 Å². The zero-order chi connectivity index (χ0) is 11.4. The Kier molecular flexibility index (Phi) is 4.16. The van der Waals surface area contributed by atoms with Crippen molar-refractivity contribution in [1.29, 1.82) is 0 Å². The van der Waals surface area contributed by atoms with Gasteiger partial charge in [-0.25, -0.2) is 4.79 Å². The summed E-state index contributed by atoms with van der Waals surface area (Å²) in [6.45, 7) is 2.60. The summed E-state index contributed by atoms with van der Waals surface area (Å²) < 4.78 is 1.60. The average Bonchev–Trinajstić information content (AvgIpc) is 2.56. The Labute approximate surface area is 92.6 Å². The van der Waals surface area contributed by atoms with Crippen LogP contribution in [0.15, 0.2) is 6.20 Å². The molecule has 1 heterocycles. The molecule has 1 unspecified atom stereocenters. The van der Waals surface area contributed by atoms with Crippen LogP contribution in [0.2, 0.25) is 0 Å². The van der Waals surface area contributed by atoms with E-state index in [2.05, 4.69) is 5.10 Å². The second-order valence-corrected chi connectivity index (χ2v) is 4.72. The van der Waals surface area contributed by atoms with Crippen molar-refractivity contribution in [2.24, 2.45) is 12.8 Å². The average molecular weight is 229 g/mol. The highest BCUT2D eigenvalue weighted by Crippen LogP contribution is 2.19. The zero-order valence-corrected chi connectivity index (χ0v) is 9.62. The van der Waals surface area contributed by atoms with Crippen LogP contribution in [0.5, 0.6) is 0 Å². The van der Waals surface area contributed by atoms with Gasteiger partial charge in [-0.05, 0) is 0 Å². The molecular weight excluding hydrogens is 214 g/mol. The van der Waals surface area contributed by atoms with Crippen LogP contribution in [0.3, 0.4) is 0 Å². The van der Waals surface area contributed by atoms with Gasteiger partial charge in [-0.15, -0.1) is 0 Å². The van der Waals surface area contributed by atoms with Gasteiger partial charge in [0.15, 0.2) is 0 Å². The van der Waals surface area contributed by atoms with Crippen LogP contribution in [0.4, 0.5) is 0 Å². The number of aromatic nitrogens is 2. The molecule has 1 aromatic heterocycles. The van der Waals surface area contributed by atoms with Crippen molar-refractivity contribution >= 4 is 17.7 Å². The Balaban J connectivity index is 2.75. The van der Waals surface area contributed by atoms with Crippen molar-refractivity contribution in [1.82, 2.24) is 9.78 Å². The summed E-state index contributed by atoms with van der Waals surface area (Å²) in [4.78, 5) is 10.9. The predicted molar refractivity (Wildman–Crippen MR) is 60.0 cm³/mol. The number of hydrogen-bond acceptors (Lipinski definition) is 4. The fraction of sp³-hybridized carbons (Fsp3) is 0.556. The molecular formula is C9H15N3O2S. The SMILES string of the molecule is CC(CN)SCc1c(C(=O)O)cnn1C. The number of aromatic carboxylic acids is 1. The lowest BCUT2D eigenvalue weighted by Gasteiger charge is -2.08. The third-order valence-corrected chi connectivity index (χ3v) is 3.33. The topological polar surface area (TPSA) is 81.1 Å². The van der Waals surface area contributed by atoms with Crippen LogP contribution in [-0.4, -0.2) is 32.7 Å². The van der Waals surface area contributed by atoms with E-state index >= 15 is 0 Å². The molecule has 0 fully saturated rings. The van der Waals surface area contributed by atoms with Gasteiger partial charge >= 0.3 is 5.97 Å². The van der Waals surface area contributed by atoms with Crippen LogP contribution in [0, 0.1) is 0 Å². The van der Waals surface area contributed by atoms with E-state index in [1.54, 1.807) is 23.5 Å². The van der Waals surface area contributed by atoms with Gasteiger partial charge in [-0.2, -0.15) is 16.9 Å². The van der Waals surface area contributed by atoms with Crippen molar-refractivity contribution in [2.45, 2.75) is 17.9 Å². The van der Waals surface area contributed by atoms with Crippen LogP contribution >= 0.6 is 11.8 Å². The van der Waals surface area contributed by atoms with Crippen LogP contribution < -0.4 is 5.73 Å². The van der Waals surface area contributed by atoms with Gasteiger partial charge in [0.2, 0.25) is 0 Å². The highest BCUT2D eigenvalue weighted by Gasteiger charge is 2.15. The van der Waals surface area contributed by atoms with Gasteiger partial charge < -0.3 is 10.8 Å². The fourth-order valence-corrected chi connectivity index (χ4v) is 2.02. The Morgan fingerprint density at radius 3 is 3.00 bits per heavy atom. The van der Waals surface area contributed by atoms with Crippen molar-refractivity contribution in [3.63, 3.8) is 0 Å². The third-order valence-electron chi connectivity index (χ3n) is 2.13. The minimum Gasteiger partial charge on any atom is -0.478 e.